The first-order chi connectivity index (χ1) is 21.1. The van der Waals surface area contributed by atoms with Gasteiger partial charge in [-0.3, -0.25) is 9.59 Å². The normalized spacial score (nSPS) is 34.8. The number of methoxy groups -OCH3 is 2. The number of likely N-dealkylation sites (N-methyl/N-ethyl adjacent to an activating group) is 1. The van der Waals surface area contributed by atoms with Gasteiger partial charge in [0, 0.05) is 20.6 Å². The molecule has 0 spiro atoms. The highest BCUT2D eigenvalue weighted by atomic mass is 35.5. The van der Waals surface area contributed by atoms with E-state index in [9.17, 15) is 19.8 Å². The molecule has 7 atom stereocenters. The molecule has 248 valence electrons. The second-order valence-electron chi connectivity index (χ2n) is 12.5. The molecule has 4 heterocycles. The van der Waals surface area contributed by atoms with Crippen LogP contribution < -0.4 is 19.9 Å². The molecule has 0 saturated carbocycles. The van der Waals surface area contributed by atoms with Crippen LogP contribution in [0, 0.1) is 0 Å². The van der Waals surface area contributed by atoms with E-state index < -0.39 is 53.3 Å². The van der Waals surface area contributed by atoms with Crippen molar-refractivity contribution in [3.63, 3.8) is 0 Å². The second-order valence-corrected chi connectivity index (χ2v) is 12.9. The molecule has 4 N–H and O–H groups in total. The number of amides is 1. The number of nitrogens with one attached hydrogen (secondary N) is 2. The van der Waals surface area contributed by atoms with Gasteiger partial charge < -0.3 is 44.1 Å². The van der Waals surface area contributed by atoms with Gasteiger partial charge in [0.15, 0.2) is 6.10 Å². The van der Waals surface area contributed by atoms with Crippen molar-refractivity contribution in [2.45, 2.75) is 94.7 Å². The molecule has 12 nitrogen and oxygen atoms in total. The highest BCUT2D eigenvalue weighted by Gasteiger charge is 2.64. The van der Waals surface area contributed by atoms with Crippen LogP contribution in [0.1, 0.15) is 52.5 Å². The zero-order valence-electron chi connectivity index (χ0n) is 27.1. The molecule has 6 bridgehead atoms. The van der Waals surface area contributed by atoms with Crippen molar-refractivity contribution in [2.24, 2.45) is 0 Å². The van der Waals surface area contributed by atoms with Crippen LogP contribution in [0.3, 0.4) is 0 Å². The second kappa shape index (κ2) is 13.3. The van der Waals surface area contributed by atoms with Crippen LogP contribution in [0.4, 0.5) is 5.69 Å². The molecule has 4 aliphatic rings. The van der Waals surface area contributed by atoms with Crippen LogP contribution in [-0.4, -0.2) is 97.8 Å². The topological polar surface area (TPSA) is 150 Å². The zero-order valence-corrected chi connectivity index (χ0v) is 27.9. The first-order valence-electron chi connectivity index (χ1n) is 14.9. The summed E-state index contributed by atoms with van der Waals surface area (Å²) in [7, 11) is 6.21. The molecule has 0 aliphatic carbocycles. The summed E-state index contributed by atoms with van der Waals surface area (Å²) in [5.74, 6) is -0.504. The minimum absolute atomic E-state index is 0.0117. The molecule has 5 rings (SSSR count). The van der Waals surface area contributed by atoms with Crippen molar-refractivity contribution < 1.29 is 48.5 Å². The number of fused-ring (bicyclic) bond motifs is 6. The van der Waals surface area contributed by atoms with Gasteiger partial charge in [-0.15, -0.1) is 4.99 Å². The largest absolute Gasteiger partial charge is 0.548 e. The molecule has 1 fully saturated rings. The minimum atomic E-state index is -1.74. The van der Waals surface area contributed by atoms with Crippen LogP contribution in [0.5, 0.6) is 5.75 Å². The van der Waals surface area contributed by atoms with E-state index in [1.807, 2.05) is 25.1 Å². The number of hydrogen-bond donors (Lipinski definition) is 4. The Labute approximate surface area is 269 Å². The van der Waals surface area contributed by atoms with Gasteiger partial charge in [0.25, 0.3) is 0 Å². The third kappa shape index (κ3) is 7.15. The predicted molar refractivity (Wildman–Crippen MR) is 167 cm³/mol. The fourth-order valence-corrected chi connectivity index (χ4v) is 6.59. The molecule has 4 aliphatic heterocycles. The Kier molecular flexibility index (Phi) is 10.3. The number of benzene rings is 1. The Morgan fingerprint density at radius 2 is 1.96 bits per heavy atom. The summed E-state index contributed by atoms with van der Waals surface area (Å²) in [6.45, 7) is 7.14. The average Bonchev–Trinajstić information content (AvgIpc) is 2.96. The van der Waals surface area contributed by atoms with E-state index in [0.29, 0.717) is 17.9 Å². The number of nitrogens with zero attached hydrogens (tertiary/aromatic N) is 1. The van der Waals surface area contributed by atoms with Crippen molar-refractivity contribution in [3.8, 4) is 5.75 Å². The third-order valence-corrected chi connectivity index (χ3v) is 9.30. The molecular weight excluding hydrogens is 606 g/mol. The lowest BCUT2D eigenvalue weighted by atomic mass is 9.72. The summed E-state index contributed by atoms with van der Waals surface area (Å²) >= 11 is 6.70. The van der Waals surface area contributed by atoms with Crippen LogP contribution in [0.25, 0.3) is 0 Å². The lowest BCUT2D eigenvalue weighted by molar-refractivity contribution is -0.652. The Hall–Kier alpha value is -3.16. The van der Waals surface area contributed by atoms with E-state index in [1.54, 1.807) is 47.0 Å². The third-order valence-electron chi connectivity index (χ3n) is 8.92. The summed E-state index contributed by atoms with van der Waals surface area (Å²) in [5.41, 5.74) is -1.63. The Morgan fingerprint density at radius 1 is 1.27 bits per heavy atom. The van der Waals surface area contributed by atoms with E-state index in [4.69, 9.17) is 35.3 Å². The quantitative estimate of drug-likeness (QED) is 0.347. The van der Waals surface area contributed by atoms with Crippen molar-refractivity contribution in [2.75, 3.05) is 33.2 Å². The van der Waals surface area contributed by atoms with E-state index in [-0.39, 0.29) is 30.2 Å². The first kappa shape index (κ1) is 34.7. The number of aliphatic hydroxyl groups excluding tert-OH is 1. The molecule has 1 aromatic rings. The summed E-state index contributed by atoms with van der Waals surface area (Å²) in [6.07, 6.45) is 2.63. The molecule has 0 radical (unpaired) electrons. The Balaban J connectivity index is 1.81. The van der Waals surface area contributed by atoms with Crippen LogP contribution in [-0.2, 0) is 35.0 Å². The SMILES string of the molecule is CN[C@@H](C)C(=O)OC1CC(=O)N(C)c2cc(cc(OC)c2Cl)C/C(C)=C/C=C/C(OC)C2(O)CC(OC(O)=[NH+]2)C2(C)CC1(C)O2. The van der Waals surface area contributed by atoms with Crippen LogP contribution >= 0.6 is 11.6 Å². The Morgan fingerprint density at radius 3 is 2.58 bits per heavy atom. The summed E-state index contributed by atoms with van der Waals surface area (Å²) in [4.78, 5) is 30.9. The number of rotatable bonds is 5. The van der Waals surface area contributed by atoms with Gasteiger partial charge in [0.2, 0.25) is 5.91 Å². The number of carbonyl (C=O) groups is 2. The van der Waals surface area contributed by atoms with Crippen LogP contribution in [0.15, 0.2) is 35.9 Å². The number of ether oxygens (including phenoxy) is 5. The van der Waals surface area contributed by atoms with Gasteiger partial charge >= 0.3 is 17.8 Å². The molecule has 1 saturated heterocycles. The number of hydrogen-bond acceptors (Lipinski definition) is 9. The van der Waals surface area contributed by atoms with E-state index in [0.717, 1.165) is 11.1 Å². The van der Waals surface area contributed by atoms with Crippen molar-refractivity contribution in [1.82, 2.24) is 5.32 Å². The molecule has 0 aromatic heterocycles. The summed E-state index contributed by atoms with van der Waals surface area (Å²) in [5, 5.41) is 25.3. The molecule has 1 aromatic carbocycles. The number of esters is 1. The lowest BCUT2D eigenvalue weighted by Crippen LogP contribution is -2.95. The number of carbonyl (C=O) groups excluding carboxylic acids is 2. The van der Waals surface area contributed by atoms with Gasteiger partial charge in [0.05, 0.1) is 25.6 Å². The van der Waals surface area contributed by atoms with Gasteiger partial charge in [-0.2, -0.15) is 0 Å². The Bertz CT molecular complexity index is 1390. The van der Waals surface area contributed by atoms with Crippen LogP contribution in [0.2, 0.25) is 5.02 Å². The van der Waals surface area contributed by atoms with Crippen molar-refractivity contribution >= 4 is 35.2 Å². The van der Waals surface area contributed by atoms with Gasteiger partial charge in [-0.05, 0) is 64.9 Å². The van der Waals surface area contributed by atoms with Crippen molar-refractivity contribution in [3.05, 3.63) is 46.5 Å². The molecule has 6 unspecified atom stereocenters. The highest BCUT2D eigenvalue weighted by Crippen LogP contribution is 2.50. The minimum Gasteiger partial charge on any atom is -0.495 e. The number of allylic oxidation sites excluding steroid dienone is 3. The highest BCUT2D eigenvalue weighted by molar-refractivity contribution is 6.35. The monoisotopic (exact) mass is 650 g/mol. The fourth-order valence-electron chi connectivity index (χ4n) is 6.27. The predicted octanol–water partition coefficient (Wildman–Crippen LogP) is 1.70. The van der Waals surface area contributed by atoms with Gasteiger partial charge in [-0.1, -0.05) is 29.3 Å². The maximum atomic E-state index is 13.8. The van der Waals surface area contributed by atoms with Crippen molar-refractivity contribution in [1.29, 1.82) is 0 Å². The first-order valence-corrected chi connectivity index (χ1v) is 15.3. The molecule has 13 heteroatoms. The zero-order chi connectivity index (χ0) is 33.3. The maximum Gasteiger partial charge on any atom is 0.548 e. The molecule has 45 heavy (non-hydrogen) atoms. The number of halogens is 1. The maximum absolute atomic E-state index is 13.8. The average molecular weight is 651 g/mol. The van der Waals surface area contributed by atoms with Gasteiger partial charge in [0.1, 0.15) is 40.2 Å². The van der Waals surface area contributed by atoms with E-state index in [2.05, 4.69) is 10.3 Å². The lowest BCUT2D eigenvalue weighted by Gasteiger charge is -2.58. The van der Waals surface area contributed by atoms with Gasteiger partial charge in [-0.25, -0.2) is 0 Å². The van der Waals surface area contributed by atoms with E-state index in [1.165, 1.54) is 19.1 Å². The standard InChI is InChI=1S/C32H44ClN3O9/c1-18-10-9-11-23(42-8)32(40)16-25(44-29(39)35-32)31(4)17-30(3,45-31)24(43-28(38)19(2)34-5)15-26(37)36(6)21-13-20(12-18)14-22(41-7)27(21)33/h9-11,13-14,19,23-25,34,40H,12,15-17H2,1-8H3,(H,35,39)/p+1/b11-9+,18-10+/t19-,23?,24?,25?,30?,31?,32?/m0/s1. The van der Waals surface area contributed by atoms with E-state index >= 15 is 0 Å². The summed E-state index contributed by atoms with van der Waals surface area (Å²) in [6, 6.07) is 3.00. The summed E-state index contributed by atoms with van der Waals surface area (Å²) < 4.78 is 29.3. The number of aliphatic hydroxyl groups is 2. The number of anilines is 1. The smallest absolute Gasteiger partial charge is 0.495 e. The molecule has 1 amide bonds. The molecular formula is C32H45ClN3O9+. The fraction of sp³-hybridized carbons (Fsp3) is 0.594.